The van der Waals surface area contributed by atoms with Gasteiger partial charge >= 0.3 is 0 Å². The first-order valence-electron chi connectivity index (χ1n) is 18.4. The summed E-state index contributed by atoms with van der Waals surface area (Å²) in [5, 5.41) is 10.7. The highest BCUT2D eigenvalue weighted by atomic mass is 35.5. The summed E-state index contributed by atoms with van der Waals surface area (Å²) >= 11 is 6.61. The molecule has 0 saturated heterocycles. The number of pyridine rings is 2. The molecule has 0 spiro atoms. The molecular formula is C39H29ClF6N10O4S. The van der Waals surface area contributed by atoms with Crippen LogP contribution >= 0.6 is 11.6 Å². The van der Waals surface area contributed by atoms with Crippen molar-refractivity contribution in [3.63, 3.8) is 0 Å². The van der Waals surface area contributed by atoms with E-state index in [-0.39, 0.29) is 67.5 Å². The maximum atomic E-state index is 15.5. The Morgan fingerprint density at radius 2 is 1.77 bits per heavy atom. The first kappa shape index (κ1) is 40.1. The minimum absolute atomic E-state index is 0.00540. The Morgan fingerprint density at radius 1 is 1.02 bits per heavy atom. The lowest BCUT2D eigenvalue weighted by Crippen LogP contribution is -2.38. The molecule has 9 rings (SSSR count). The van der Waals surface area contributed by atoms with Crippen LogP contribution < -0.4 is 15.6 Å². The number of benzene rings is 2. The summed E-state index contributed by atoms with van der Waals surface area (Å²) in [6.07, 6.45) is -1.29. The molecule has 5 aromatic heterocycles. The van der Waals surface area contributed by atoms with E-state index in [1.807, 2.05) is 0 Å². The van der Waals surface area contributed by atoms with Crippen LogP contribution in [0.2, 0.25) is 5.02 Å². The maximum Gasteiger partial charge on any atom is 0.293 e. The zero-order chi connectivity index (χ0) is 43.3. The fraction of sp³-hybridized carbons (Fsp3) is 0.256. The van der Waals surface area contributed by atoms with Crippen molar-refractivity contribution in [1.82, 2.24) is 44.4 Å². The summed E-state index contributed by atoms with van der Waals surface area (Å²) in [6.45, 7) is -0.995. The van der Waals surface area contributed by atoms with Crippen molar-refractivity contribution in [1.29, 1.82) is 0 Å². The van der Waals surface area contributed by atoms with Crippen LogP contribution in [-0.4, -0.2) is 59.7 Å². The Kier molecular flexibility index (Phi) is 9.46. The second kappa shape index (κ2) is 14.4. The Balaban J connectivity index is 1.26. The molecule has 314 valence electrons. The zero-order valence-electron chi connectivity index (χ0n) is 31.5. The summed E-state index contributed by atoms with van der Waals surface area (Å²) < 4.78 is 118. The SMILES string of the molecule is Cn1nc(NS(C)(=O)=O)c2c(Cl)ccc(-n3c([C@H](Cc4cc(F)cc(F)c4)NC(=O)Cn4nc(C(F)F)c5c4C(F)(F)[C@@H]4C[C@H]54)nc4nc(-c5ccccn5)ccc4c3=O)c21. The van der Waals surface area contributed by atoms with Gasteiger partial charge in [-0.1, -0.05) is 17.7 Å². The van der Waals surface area contributed by atoms with E-state index in [0.717, 1.165) is 23.0 Å². The molecule has 1 fully saturated rings. The molecule has 5 heterocycles. The molecule has 14 nitrogen and oxygen atoms in total. The van der Waals surface area contributed by atoms with Crippen molar-refractivity contribution in [3.8, 4) is 17.1 Å². The number of carbonyl (C=O) groups is 1. The van der Waals surface area contributed by atoms with Crippen LogP contribution in [0.25, 0.3) is 39.0 Å². The van der Waals surface area contributed by atoms with Gasteiger partial charge in [-0.2, -0.15) is 19.0 Å². The van der Waals surface area contributed by atoms with Gasteiger partial charge in [-0.05, 0) is 66.4 Å². The van der Waals surface area contributed by atoms with Gasteiger partial charge in [0, 0.05) is 37.2 Å². The molecule has 0 unspecified atom stereocenters. The number of nitrogens with one attached hydrogen (secondary N) is 2. The maximum absolute atomic E-state index is 15.5. The number of fused-ring (bicyclic) bond motifs is 5. The molecule has 61 heavy (non-hydrogen) atoms. The second-order valence-electron chi connectivity index (χ2n) is 14.8. The first-order chi connectivity index (χ1) is 28.9. The van der Waals surface area contributed by atoms with Gasteiger partial charge in [-0.15, -0.1) is 0 Å². The van der Waals surface area contributed by atoms with E-state index in [1.54, 1.807) is 18.2 Å². The molecule has 2 aliphatic rings. The molecule has 0 aliphatic heterocycles. The Bertz CT molecular complexity index is 3120. The number of nitrogens with zero attached hydrogens (tertiary/aromatic N) is 8. The van der Waals surface area contributed by atoms with E-state index in [4.69, 9.17) is 16.6 Å². The molecule has 2 N–H and O–H groups in total. The molecule has 0 bridgehead atoms. The number of anilines is 1. The number of rotatable bonds is 11. The quantitative estimate of drug-likeness (QED) is 0.138. The molecule has 0 radical (unpaired) electrons. The zero-order valence-corrected chi connectivity index (χ0v) is 33.1. The van der Waals surface area contributed by atoms with Gasteiger partial charge in [0.05, 0.1) is 50.7 Å². The third-order valence-corrected chi connectivity index (χ3v) is 11.5. The highest BCUT2D eigenvalue weighted by Gasteiger charge is 2.67. The van der Waals surface area contributed by atoms with Crippen LogP contribution in [0.15, 0.2) is 71.7 Å². The molecule has 1 saturated carbocycles. The molecule has 7 aromatic rings. The summed E-state index contributed by atoms with van der Waals surface area (Å²) in [5.41, 5.74) is -2.17. The van der Waals surface area contributed by atoms with E-state index in [0.29, 0.717) is 16.4 Å². The molecular weight excluding hydrogens is 854 g/mol. The van der Waals surface area contributed by atoms with E-state index in [2.05, 4.69) is 30.2 Å². The van der Waals surface area contributed by atoms with Gasteiger partial charge in [-0.3, -0.25) is 33.2 Å². The monoisotopic (exact) mass is 882 g/mol. The Morgan fingerprint density at radius 3 is 2.46 bits per heavy atom. The van der Waals surface area contributed by atoms with Crippen molar-refractivity contribution in [2.24, 2.45) is 13.0 Å². The van der Waals surface area contributed by atoms with Gasteiger partial charge in [0.25, 0.3) is 17.9 Å². The first-order valence-corrected chi connectivity index (χ1v) is 20.7. The topological polar surface area (TPSA) is 172 Å². The predicted molar refractivity (Wildman–Crippen MR) is 209 cm³/mol. The van der Waals surface area contributed by atoms with Crippen molar-refractivity contribution in [2.45, 2.75) is 43.7 Å². The normalized spacial score (nSPS) is 17.1. The average Bonchev–Trinajstić information content (AvgIpc) is 3.73. The van der Waals surface area contributed by atoms with Gasteiger partial charge in [-0.25, -0.2) is 35.9 Å². The second-order valence-corrected chi connectivity index (χ2v) is 17.0. The van der Waals surface area contributed by atoms with E-state index >= 15 is 8.78 Å². The highest BCUT2D eigenvalue weighted by molar-refractivity contribution is 7.92. The summed E-state index contributed by atoms with van der Waals surface area (Å²) in [6, 6.07) is 11.8. The number of halogens is 7. The van der Waals surface area contributed by atoms with Crippen LogP contribution in [0.1, 0.15) is 53.1 Å². The van der Waals surface area contributed by atoms with E-state index < -0.39 is 87.7 Å². The van der Waals surface area contributed by atoms with Gasteiger partial charge in [0.2, 0.25) is 15.9 Å². The lowest BCUT2D eigenvalue weighted by atomic mass is 10.0. The minimum atomic E-state index is -3.91. The number of hydrogen-bond acceptors (Lipinski definition) is 9. The van der Waals surface area contributed by atoms with E-state index in [9.17, 15) is 35.6 Å². The minimum Gasteiger partial charge on any atom is -0.344 e. The Hall–Kier alpha value is -6.35. The van der Waals surface area contributed by atoms with Crippen molar-refractivity contribution >= 4 is 55.3 Å². The summed E-state index contributed by atoms with van der Waals surface area (Å²) in [5.74, 6) is -9.14. The van der Waals surface area contributed by atoms with Gasteiger partial charge in [0.15, 0.2) is 11.5 Å². The van der Waals surface area contributed by atoms with Crippen LogP contribution in [0, 0.1) is 17.6 Å². The van der Waals surface area contributed by atoms with Gasteiger partial charge in [0.1, 0.15) is 35.4 Å². The number of alkyl halides is 4. The molecule has 2 aliphatic carbocycles. The molecule has 2 aromatic carbocycles. The van der Waals surface area contributed by atoms with Crippen molar-refractivity contribution in [3.05, 3.63) is 122 Å². The number of amides is 1. The third kappa shape index (κ3) is 7.03. The molecule has 3 atom stereocenters. The number of aryl methyl sites for hydroxylation is 1. The average molecular weight is 883 g/mol. The van der Waals surface area contributed by atoms with Crippen LogP contribution in [0.3, 0.4) is 0 Å². The number of carbonyl (C=O) groups excluding carboxylic acids is 1. The highest BCUT2D eigenvalue weighted by Crippen LogP contribution is 2.68. The smallest absolute Gasteiger partial charge is 0.293 e. The summed E-state index contributed by atoms with van der Waals surface area (Å²) in [4.78, 5) is 42.7. The molecule has 1 amide bonds. The van der Waals surface area contributed by atoms with E-state index in [1.165, 1.54) is 42.2 Å². The standard InChI is InChI=1S/C39H29ClF6N10O4S/c1-54-32-27(9-7-23(40)30(32)36(52-54)53-61(2,59)60)56-37(50-35-20(38(56)58)6-8-25(49-35)24-5-3-4-10-47-24)26(13-17-11-18(41)14-19(42)12-17)48-28(57)16-55-33-29(31(51-55)34(43)44)21-15-22(21)39(33,45)46/h3-12,14,21-22,26,34H,13,15-16H2,1-2H3,(H,48,57)(H,52,53)/t21-,22+,26-/m0/s1. The third-order valence-electron chi connectivity index (χ3n) is 10.6. The van der Waals surface area contributed by atoms with Crippen molar-refractivity contribution < 1.29 is 39.6 Å². The predicted octanol–water partition coefficient (Wildman–Crippen LogP) is 6.48. The lowest BCUT2D eigenvalue weighted by Gasteiger charge is -2.24. The fourth-order valence-electron chi connectivity index (χ4n) is 8.12. The largest absolute Gasteiger partial charge is 0.344 e. The fourth-order valence-corrected chi connectivity index (χ4v) is 8.85. The number of aromatic nitrogens is 8. The van der Waals surface area contributed by atoms with Crippen molar-refractivity contribution in [2.75, 3.05) is 11.0 Å². The molecule has 22 heteroatoms. The van der Waals surface area contributed by atoms with Gasteiger partial charge < -0.3 is 5.32 Å². The number of sulfonamides is 1. The van der Waals surface area contributed by atoms with Crippen LogP contribution in [-0.2, 0) is 40.8 Å². The van der Waals surface area contributed by atoms with Crippen LogP contribution in [0.4, 0.5) is 32.2 Å². The summed E-state index contributed by atoms with van der Waals surface area (Å²) in [7, 11) is -2.47. The number of hydrogen-bond donors (Lipinski definition) is 2. The Labute approximate surface area is 345 Å². The lowest BCUT2D eigenvalue weighted by molar-refractivity contribution is -0.123. The van der Waals surface area contributed by atoms with Crippen LogP contribution in [0.5, 0.6) is 0 Å².